The van der Waals surface area contributed by atoms with Gasteiger partial charge in [-0.1, -0.05) is 0 Å². The van der Waals surface area contributed by atoms with Crippen LogP contribution in [0.2, 0.25) is 0 Å². The fourth-order valence-corrected chi connectivity index (χ4v) is 1.74. The molecule has 0 amide bonds. The molecule has 0 aliphatic carbocycles. The van der Waals surface area contributed by atoms with E-state index in [4.69, 9.17) is 14.6 Å². The van der Waals surface area contributed by atoms with Gasteiger partial charge in [0.25, 0.3) is 0 Å². The standard InChI is InChI=1S/C14H15N3O4/c1-20-10-4-3-9(12(5-10)21-2)6-16-13-8-15-7-11(17-13)14(18)19/h3-5,7-8H,6H2,1-2H3,(H,16,17)(H,18,19). The Bertz CT molecular complexity index is 646. The van der Waals surface area contributed by atoms with Crippen molar-refractivity contribution in [3.05, 3.63) is 41.9 Å². The van der Waals surface area contributed by atoms with Crippen LogP contribution >= 0.6 is 0 Å². The second-order valence-corrected chi connectivity index (χ2v) is 4.13. The first-order valence-electron chi connectivity index (χ1n) is 6.14. The highest BCUT2D eigenvalue weighted by atomic mass is 16.5. The van der Waals surface area contributed by atoms with Crippen LogP contribution in [0.1, 0.15) is 16.1 Å². The number of aromatic carboxylic acids is 1. The minimum atomic E-state index is -1.12. The summed E-state index contributed by atoms with van der Waals surface area (Å²) in [5.74, 6) is 0.633. The summed E-state index contributed by atoms with van der Waals surface area (Å²) in [5.41, 5.74) is 0.780. The maximum atomic E-state index is 10.8. The van der Waals surface area contributed by atoms with Crippen LogP contribution in [-0.4, -0.2) is 35.3 Å². The zero-order valence-electron chi connectivity index (χ0n) is 11.7. The number of hydrogen-bond acceptors (Lipinski definition) is 6. The van der Waals surface area contributed by atoms with E-state index >= 15 is 0 Å². The normalized spacial score (nSPS) is 10.0. The van der Waals surface area contributed by atoms with E-state index in [-0.39, 0.29) is 5.69 Å². The van der Waals surface area contributed by atoms with Gasteiger partial charge in [0.15, 0.2) is 5.69 Å². The number of ether oxygens (including phenoxy) is 2. The Kier molecular flexibility index (Phi) is 4.55. The highest BCUT2D eigenvalue weighted by Crippen LogP contribution is 2.25. The molecule has 110 valence electrons. The molecule has 2 N–H and O–H groups in total. The number of methoxy groups -OCH3 is 2. The number of nitrogens with zero attached hydrogens (tertiary/aromatic N) is 2. The first kappa shape index (κ1) is 14.6. The van der Waals surface area contributed by atoms with Gasteiger partial charge in [-0.05, 0) is 12.1 Å². The third kappa shape index (κ3) is 3.59. The number of carbonyl (C=O) groups is 1. The third-order valence-corrected chi connectivity index (χ3v) is 2.81. The van der Waals surface area contributed by atoms with Crippen molar-refractivity contribution >= 4 is 11.8 Å². The summed E-state index contributed by atoms with van der Waals surface area (Å²) >= 11 is 0. The molecule has 0 aliphatic heterocycles. The van der Waals surface area contributed by atoms with Gasteiger partial charge in [-0.3, -0.25) is 4.98 Å². The summed E-state index contributed by atoms with van der Waals surface area (Å²) in [4.78, 5) is 18.6. The average molecular weight is 289 g/mol. The van der Waals surface area contributed by atoms with Crippen molar-refractivity contribution in [2.75, 3.05) is 19.5 Å². The second-order valence-electron chi connectivity index (χ2n) is 4.13. The van der Waals surface area contributed by atoms with E-state index in [1.807, 2.05) is 12.1 Å². The van der Waals surface area contributed by atoms with Crippen molar-refractivity contribution < 1.29 is 19.4 Å². The van der Waals surface area contributed by atoms with Crippen LogP contribution in [0.15, 0.2) is 30.6 Å². The number of carboxylic acids is 1. The second kappa shape index (κ2) is 6.56. The van der Waals surface area contributed by atoms with Gasteiger partial charge in [0, 0.05) is 18.2 Å². The van der Waals surface area contributed by atoms with Crippen molar-refractivity contribution in [2.24, 2.45) is 0 Å². The van der Waals surface area contributed by atoms with Crippen LogP contribution in [0.25, 0.3) is 0 Å². The molecule has 0 aliphatic rings. The van der Waals surface area contributed by atoms with E-state index in [9.17, 15) is 4.79 Å². The van der Waals surface area contributed by atoms with E-state index < -0.39 is 5.97 Å². The third-order valence-electron chi connectivity index (χ3n) is 2.81. The lowest BCUT2D eigenvalue weighted by Gasteiger charge is -2.11. The zero-order valence-corrected chi connectivity index (χ0v) is 11.7. The van der Waals surface area contributed by atoms with E-state index in [1.54, 1.807) is 20.3 Å². The molecule has 0 radical (unpaired) electrons. The van der Waals surface area contributed by atoms with E-state index in [2.05, 4.69) is 15.3 Å². The molecule has 0 fully saturated rings. The molecule has 1 aromatic carbocycles. The topological polar surface area (TPSA) is 93.6 Å². The van der Waals surface area contributed by atoms with Gasteiger partial charge in [-0.25, -0.2) is 9.78 Å². The quantitative estimate of drug-likeness (QED) is 0.837. The van der Waals surface area contributed by atoms with Crippen molar-refractivity contribution in [1.29, 1.82) is 0 Å². The van der Waals surface area contributed by atoms with Gasteiger partial charge in [-0.15, -0.1) is 0 Å². The molecular formula is C14H15N3O4. The number of hydrogen-bond donors (Lipinski definition) is 2. The molecular weight excluding hydrogens is 274 g/mol. The highest BCUT2D eigenvalue weighted by molar-refractivity contribution is 5.85. The van der Waals surface area contributed by atoms with Gasteiger partial charge in [-0.2, -0.15) is 0 Å². The summed E-state index contributed by atoms with van der Waals surface area (Å²) in [7, 11) is 3.16. The smallest absolute Gasteiger partial charge is 0.356 e. The van der Waals surface area contributed by atoms with Gasteiger partial charge in [0.05, 0.1) is 26.6 Å². The lowest BCUT2D eigenvalue weighted by atomic mass is 10.2. The summed E-state index contributed by atoms with van der Waals surface area (Å²) in [6, 6.07) is 5.45. The van der Waals surface area contributed by atoms with Crippen molar-refractivity contribution in [1.82, 2.24) is 9.97 Å². The number of nitrogens with one attached hydrogen (secondary N) is 1. The van der Waals surface area contributed by atoms with Crippen LogP contribution in [-0.2, 0) is 6.54 Å². The summed E-state index contributed by atoms with van der Waals surface area (Å²) in [5, 5.41) is 11.9. The average Bonchev–Trinajstić information content (AvgIpc) is 2.53. The number of anilines is 1. The van der Waals surface area contributed by atoms with E-state index in [0.717, 1.165) is 5.56 Å². The fraction of sp³-hybridized carbons (Fsp3) is 0.214. The first-order chi connectivity index (χ1) is 10.1. The minimum absolute atomic E-state index is 0.110. The van der Waals surface area contributed by atoms with Gasteiger partial charge >= 0.3 is 5.97 Å². The maximum absolute atomic E-state index is 10.8. The summed E-state index contributed by atoms with van der Waals surface area (Å²) < 4.78 is 10.4. The summed E-state index contributed by atoms with van der Waals surface area (Å²) in [6.45, 7) is 0.422. The molecule has 7 nitrogen and oxygen atoms in total. The van der Waals surface area contributed by atoms with E-state index in [0.29, 0.717) is 23.9 Å². The Hall–Kier alpha value is -2.83. The van der Waals surface area contributed by atoms with Crippen LogP contribution in [0.3, 0.4) is 0 Å². The monoisotopic (exact) mass is 289 g/mol. The number of carboxylic acid groups (broad SMARTS) is 1. The number of benzene rings is 1. The molecule has 0 atom stereocenters. The van der Waals surface area contributed by atoms with Gasteiger partial charge < -0.3 is 19.9 Å². The van der Waals surface area contributed by atoms with Crippen LogP contribution in [0, 0.1) is 0 Å². The molecule has 0 unspecified atom stereocenters. The zero-order chi connectivity index (χ0) is 15.2. The summed E-state index contributed by atoms with van der Waals surface area (Å²) in [6.07, 6.45) is 2.66. The Morgan fingerprint density at radius 1 is 1.29 bits per heavy atom. The highest BCUT2D eigenvalue weighted by Gasteiger charge is 2.08. The van der Waals surface area contributed by atoms with Crippen LogP contribution < -0.4 is 14.8 Å². The fourth-order valence-electron chi connectivity index (χ4n) is 1.74. The predicted molar refractivity (Wildman–Crippen MR) is 75.9 cm³/mol. The molecule has 0 spiro atoms. The molecule has 21 heavy (non-hydrogen) atoms. The SMILES string of the molecule is COc1ccc(CNc2cncc(C(=O)O)n2)c(OC)c1. The van der Waals surface area contributed by atoms with Gasteiger partial charge in [0.1, 0.15) is 17.3 Å². The largest absolute Gasteiger partial charge is 0.497 e. The Balaban J connectivity index is 2.12. The molecule has 2 aromatic rings. The molecule has 0 saturated heterocycles. The lowest BCUT2D eigenvalue weighted by molar-refractivity contribution is 0.0690. The van der Waals surface area contributed by atoms with E-state index in [1.165, 1.54) is 12.4 Å². The molecule has 1 heterocycles. The maximum Gasteiger partial charge on any atom is 0.356 e. The van der Waals surface area contributed by atoms with Gasteiger partial charge in [0.2, 0.25) is 0 Å². The molecule has 2 rings (SSSR count). The van der Waals surface area contributed by atoms with Crippen molar-refractivity contribution in [3.8, 4) is 11.5 Å². The molecule has 7 heteroatoms. The first-order valence-corrected chi connectivity index (χ1v) is 6.14. The van der Waals surface area contributed by atoms with Crippen LogP contribution in [0.5, 0.6) is 11.5 Å². The number of aromatic nitrogens is 2. The molecule has 1 aromatic heterocycles. The van der Waals surface area contributed by atoms with Crippen molar-refractivity contribution in [2.45, 2.75) is 6.54 Å². The Morgan fingerprint density at radius 3 is 2.76 bits per heavy atom. The van der Waals surface area contributed by atoms with Crippen LogP contribution in [0.4, 0.5) is 5.82 Å². The Morgan fingerprint density at radius 2 is 2.10 bits per heavy atom. The van der Waals surface area contributed by atoms with Crippen molar-refractivity contribution in [3.63, 3.8) is 0 Å². The molecule has 0 saturated carbocycles. The lowest BCUT2D eigenvalue weighted by Crippen LogP contribution is -2.07. The predicted octanol–water partition coefficient (Wildman–Crippen LogP) is 1.80. The number of rotatable bonds is 6. The molecule has 0 bridgehead atoms. The minimum Gasteiger partial charge on any atom is -0.497 e. The Labute approximate surface area is 121 Å².